The average molecular weight is 229 g/mol. The van der Waals surface area contributed by atoms with Crippen LogP contribution in [0.2, 0.25) is 0 Å². The molecule has 0 saturated carbocycles. The molecular weight excluding hydrogens is 214 g/mol. The van der Waals surface area contributed by atoms with Gasteiger partial charge in [-0.15, -0.1) is 0 Å². The van der Waals surface area contributed by atoms with Gasteiger partial charge in [-0.2, -0.15) is 0 Å². The third-order valence-electron chi connectivity index (χ3n) is 2.08. The van der Waals surface area contributed by atoms with E-state index in [9.17, 15) is 4.79 Å². The first-order valence-electron chi connectivity index (χ1n) is 5.28. The number of ether oxygens (including phenoxy) is 1. The molecule has 88 valence electrons. The van der Waals surface area contributed by atoms with Crippen molar-refractivity contribution in [1.82, 2.24) is 0 Å². The predicted molar refractivity (Wildman–Crippen MR) is 68.7 cm³/mol. The van der Waals surface area contributed by atoms with Gasteiger partial charge in [-0.1, -0.05) is 31.7 Å². The predicted octanol–water partition coefficient (Wildman–Crippen LogP) is 2.94. The summed E-state index contributed by atoms with van der Waals surface area (Å²) in [6.45, 7) is 5.62. The number of carbonyl (C=O) groups excluding carboxylic acids is 1. The Morgan fingerprint density at radius 1 is 1.53 bits per heavy atom. The van der Waals surface area contributed by atoms with Crippen molar-refractivity contribution in [3.63, 3.8) is 0 Å². The van der Waals surface area contributed by atoms with E-state index in [1.165, 1.54) is 12.2 Å². The molecule has 1 rings (SSSR count). The summed E-state index contributed by atoms with van der Waals surface area (Å²) in [4.78, 5) is 10.4. The Balaban J connectivity index is 2.82. The molecule has 1 unspecified atom stereocenters. The lowest BCUT2D eigenvalue weighted by molar-refractivity contribution is -0.102. The molecule has 0 bridgehead atoms. The van der Waals surface area contributed by atoms with E-state index in [1.807, 2.05) is 37.3 Å². The van der Waals surface area contributed by atoms with Crippen LogP contribution in [0.25, 0.3) is 0 Å². The molecule has 0 spiro atoms. The molecule has 0 aromatic heterocycles. The first kappa shape index (κ1) is 12.9. The van der Waals surface area contributed by atoms with Crippen LogP contribution in [0.3, 0.4) is 0 Å². The van der Waals surface area contributed by atoms with Crippen LogP contribution in [0.4, 0.5) is 0 Å². The molecule has 0 saturated heterocycles. The quantitative estimate of drug-likeness (QED) is 0.341. The van der Waals surface area contributed by atoms with E-state index in [-0.39, 0.29) is 11.6 Å². The molecular formula is C14H15NO2. The summed E-state index contributed by atoms with van der Waals surface area (Å²) in [5.74, 6) is 1.33. The molecule has 3 heteroatoms. The standard InChI is InChI=1S/C14H15NO2/c1-3-13(9-12(15)10-16)17-14-7-5-4-6-11(2)8-14/h3-11,15H,1H2,2H3/b13-9+,15-12?. The molecule has 0 aromatic carbocycles. The van der Waals surface area contributed by atoms with Crippen molar-refractivity contribution in [2.24, 2.45) is 5.92 Å². The van der Waals surface area contributed by atoms with Gasteiger partial charge in [-0.25, -0.2) is 0 Å². The summed E-state index contributed by atoms with van der Waals surface area (Å²) < 4.78 is 5.54. The fourth-order valence-corrected chi connectivity index (χ4v) is 1.28. The van der Waals surface area contributed by atoms with Crippen LogP contribution in [-0.4, -0.2) is 12.0 Å². The monoisotopic (exact) mass is 229 g/mol. The van der Waals surface area contributed by atoms with Crippen molar-refractivity contribution >= 4 is 12.0 Å². The van der Waals surface area contributed by atoms with Crippen LogP contribution in [-0.2, 0) is 9.53 Å². The van der Waals surface area contributed by atoms with Gasteiger partial charge in [0.15, 0.2) is 6.29 Å². The van der Waals surface area contributed by atoms with E-state index in [0.717, 1.165) is 0 Å². The van der Waals surface area contributed by atoms with E-state index in [4.69, 9.17) is 10.1 Å². The minimum atomic E-state index is -0.149. The molecule has 17 heavy (non-hydrogen) atoms. The van der Waals surface area contributed by atoms with Crippen LogP contribution in [0.5, 0.6) is 0 Å². The molecule has 1 atom stereocenters. The van der Waals surface area contributed by atoms with Crippen LogP contribution in [0, 0.1) is 11.3 Å². The summed E-state index contributed by atoms with van der Waals surface area (Å²) >= 11 is 0. The lowest BCUT2D eigenvalue weighted by Crippen LogP contribution is -1.97. The van der Waals surface area contributed by atoms with Crippen molar-refractivity contribution in [3.8, 4) is 0 Å². The lowest BCUT2D eigenvalue weighted by atomic mass is 10.1. The second kappa shape index (κ2) is 6.43. The Morgan fingerprint density at radius 2 is 2.29 bits per heavy atom. The molecule has 0 aliphatic heterocycles. The minimum Gasteiger partial charge on any atom is -0.458 e. The molecule has 1 N–H and O–H groups in total. The summed E-state index contributed by atoms with van der Waals surface area (Å²) in [6, 6.07) is 0. The fourth-order valence-electron chi connectivity index (χ4n) is 1.28. The maximum atomic E-state index is 10.4. The number of aldehydes is 1. The maximum Gasteiger partial charge on any atom is 0.167 e. The van der Waals surface area contributed by atoms with Gasteiger partial charge in [0.25, 0.3) is 0 Å². The van der Waals surface area contributed by atoms with Crippen LogP contribution >= 0.6 is 0 Å². The molecule has 1 aliphatic rings. The summed E-state index contributed by atoms with van der Waals surface area (Å²) in [5, 5.41) is 7.25. The second-order valence-corrected chi connectivity index (χ2v) is 3.60. The van der Waals surface area contributed by atoms with Gasteiger partial charge >= 0.3 is 0 Å². The SMILES string of the molecule is C=C/C(=C\C(=N)C=O)OC1=CC(C)C=CC=C1. The zero-order chi connectivity index (χ0) is 12.7. The molecule has 3 nitrogen and oxygen atoms in total. The third kappa shape index (κ3) is 4.47. The highest BCUT2D eigenvalue weighted by molar-refractivity contribution is 6.32. The molecule has 0 amide bonds. The topological polar surface area (TPSA) is 50.2 Å². The van der Waals surface area contributed by atoms with Crippen molar-refractivity contribution in [3.05, 3.63) is 60.6 Å². The Kier molecular flexibility index (Phi) is 4.88. The Morgan fingerprint density at radius 3 is 2.94 bits per heavy atom. The number of allylic oxidation sites excluding steroid dienone is 7. The van der Waals surface area contributed by atoms with Crippen molar-refractivity contribution < 1.29 is 9.53 Å². The minimum absolute atomic E-state index is 0.149. The van der Waals surface area contributed by atoms with Crippen molar-refractivity contribution in [2.75, 3.05) is 0 Å². The Bertz CT molecular complexity index is 439. The van der Waals surface area contributed by atoms with Crippen LogP contribution < -0.4 is 0 Å². The molecule has 1 aliphatic carbocycles. The molecule has 0 aromatic rings. The number of carbonyl (C=O) groups is 1. The van der Waals surface area contributed by atoms with E-state index in [2.05, 4.69) is 6.58 Å². The molecule has 0 heterocycles. The summed E-state index contributed by atoms with van der Waals surface area (Å²) in [7, 11) is 0. The van der Waals surface area contributed by atoms with Crippen LogP contribution in [0.1, 0.15) is 6.92 Å². The van der Waals surface area contributed by atoms with E-state index in [1.54, 1.807) is 0 Å². The van der Waals surface area contributed by atoms with Crippen LogP contribution in [0.15, 0.2) is 60.6 Å². The van der Waals surface area contributed by atoms with Gasteiger partial charge in [0.1, 0.15) is 11.5 Å². The lowest BCUT2D eigenvalue weighted by Gasteiger charge is -2.07. The molecule has 0 radical (unpaired) electrons. The highest BCUT2D eigenvalue weighted by Gasteiger charge is 2.03. The number of rotatable bonds is 5. The van der Waals surface area contributed by atoms with Gasteiger partial charge < -0.3 is 4.74 Å². The van der Waals surface area contributed by atoms with Crippen molar-refractivity contribution in [1.29, 1.82) is 5.41 Å². The number of nitrogens with one attached hydrogen (secondary N) is 1. The van der Waals surface area contributed by atoms with E-state index in [0.29, 0.717) is 17.8 Å². The van der Waals surface area contributed by atoms with Gasteiger partial charge in [0, 0.05) is 6.08 Å². The smallest absolute Gasteiger partial charge is 0.167 e. The summed E-state index contributed by atoms with van der Waals surface area (Å²) in [5.41, 5.74) is -0.149. The number of hydrogen-bond donors (Lipinski definition) is 1. The number of hydrogen-bond acceptors (Lipinski definition) is 3. The maximum absolute atomic E-state index is 10.4. The Labute approximate surface area is 101 Å². The van der Waals surface area contributed by atoms with Gasteiger partial charge in [0.05, 0.1) is 5.71 Å². The largest absolute Gasteiger partial charge is 0.458 e. The average Bonchev–Trinajstić information content (AvgIpc) is 2.52. The van der Waals surface area contributed by atoms with Gasteiger partial charge in [-0.3, -0.25) is 10.2 Å². The van der Waals surface area contributed by atoms with E-state index < -0.39 is 0 Å². The first-order chi connectivity index (χ1) is 8.15. The highest BCUT2D eigenvalue weighted by atomic mass is 16.5. The van der Waals surface area contributed by atoms with Crippen molar-refractivity contribution in [2.45, 2.75) is 6.92 Å². The molecule has 0 fully saturated rings. The van der Waals surface area contributed by atoms with E-state index >= 15 is 0 Å². The summed E-state index contributed by atoms with van der Waals surface area (Å²) in [6.07, 6.45) is 12.9. The fraction of sp³-hybridized carbons (Fsp3) is 0.143. The zero-order valence-electron chi connectivity index (χ0n) is 9.72. The first-order valence-corrected chi connectivity index (χ1v) is 5.28. The normalized spacial score (nSPS) is 19.2. The van der Waals surface area contributed by atoms with Gasteiger partial charge in [-0.05, 0) is 24.1 Å². The second-order valence-electron chi connectivity index (χ2n) is 3.60. The highest BCUT2D eigenvalue weighted by Crippen LogP contribution is 2.15. The zero-order valence-corrected chi connectivity index (χ0v) is 9.72. The third-order valence-corrected chi connectivity index (χ3v) is 2.08. The van der Waals surface area contributed by atoms with Gasteiger partial charge in [0.2, 0.25) is 0 Å². The Hall–Kier alpha value is -2.16.